The van der Waals surface area contributed by atoms with Crippen LogP contribution in [0.5, 0.6) is 0 Å². The molecule has 0 radical (unpaired) electrons. The standard InChI is InChI=1S/C12H15N2O/c1-2-11-6-3-4-8-13(11)10-14-9-5-7-12(14)15/h2-4,6,8H,1,5,7,9-10H2/q+1. The molecule has 0 unspecified atom stereocenters. The fraction of sp³-hybridized carbons (Fsp3) is 0.333. The second-order valence-corrected chi connectivity index (χ2v) is 3.70. The van der Waals surface area contributed by atoms with Gasteiger partial charge >= 0.3 is 0 Å². The molecule has 1 aromatic rings. The van der Waals surface area contributed by atoms with Crippen LogP contribution in [-0.4, -0.2) is 17.4 Å². The van der Waals surface area contributed by atoms with Crippen LogP contribution < -0.4 is 4.57 Å². The average Bonchev–Trinajstić information content (AvgIpc) is 2.65. The molecule has 1 aromatic heterocycles. The topological polar surface area (TPSA) is 24.2 Å². The van der Waals surface area contributed by atoms with Crippen molar-refractivity contribution < 1.29 is 9.36 Å². The van der Waals surface area contributed by atoms with E-state index in [1.807, 2.05) is 33.9 Å². The van der Waals surface area contributed by atoms with E-state index in [2.05, 4.69) is 6.58 Å². The largest absolute Gasteiger partial charge is 0.287 e. The molecule has 0 N–H and O–H groups in total. The highest BCUT2D eigenvalue weighted by Gasteiger charge is 2.23. The quantitative estimate of drug-likeness (QED) is 0.677. The van der Waals surface area contributed by atoms with E-state index in [4.69, 9.17) is 0 Å². The van der Waals surface area contributed by atoms with Crippen molar-refractivity contribution in [1.82, 2.24) is 4.90 Å². The molecule has 1 aliphatic heterocycles. The fourth-order valence-corrected chi connectivity index (χ4v) is 1.84. The van der Waals surface area contributed by atoms with Crippen molar-refractivity contribution in [2.45, 2.75) is 19.5 Å². The summed E-state index contributed by atoms with van der Waals surface area (Å²) < 4.78 is 2.04. The first-order chi connectivity index (χ1) is 7.31. The molecule has 3 heteroatoms. The molecule has 1 aliphatic rings. The predicted molar refractivity (Wildman–Crippen MR) is 57.7 cm³/mol. The number of nitrogens with zero attached hydrogens (tertiary/aromatic N) is 2. The predicted octanol–water partition coefficient (Wildman–Crippen LogP) is 1.20. The summed E-state index contributed by atoms with van der Waals surface area (Å²) in [4.78, 5) is 13.3. The van der Waals surface area contributed by atoms with Crippen LogP contribution in [0, 0.1) is 0 Å². The van der Waals surface area contributed by atoms with Crippen LogP contribution in [0.1, 0.15) is 18.5 Å². The monoisotopic (exact) mass is 203 g/mol. The lowest BCUT2D eigenvalue weighted by Crippen LogP contribution is -2.46. The van der Waals surface area contributed by atoms with Gasteiger partial charge < -0.3 is 0 Å². The van der Waals surface area contributed by atoms with Crippen molar-refractivity contribution in [3.8, 4) is 0 Å². The number of rotatable bonds is 3. The van der Waals surface area contributed by atoms with Gasteiger partial charge in [-0.05, 0) is 12.5 Å². The van der Waals surface area contributed by atoms with Gasteiger partial charge in [0, 0.05) is 31.2 Å². The van der Waals surface area contributed by atoms with E-state index < -0.39 is 0 Å². The normalized spacial score (nSPS) is 15.7. The first-order valence-electron chi connectivity index (χ1n) is 5.20. The summed E-state index contributed by atoms with van der Waals surface area (Å²) in [5.74, 6) is 0.251. The maximum Gasteiger partial charge on any atom is 0.227 e. The number of hydrogen-bond acceptors (Lipinski definition) is 1. The number of hydrogen-bond donors (Lipinski definition) is 0. The number of aromatic nitrogens is 1. The minimum Gasteiger partial charge on any atom is -0.287 e. The van der Waals surface area contributed by atoms with Crippen molar-refractivity contribution in [1.29, 1.82) is 0 Å². The molecule has 1 amide bonds. The average molecular weight is 203 g/mol. The maximum atomic E-state index is 11.5. The lowest BCUT2D eigenvalue weighted by atomic mass is 10.3. The Balaban J connectivity index is 2.16. The van der Waals surface area contributed by atoms with Crippen molar-refractivity contribution in [2.75, 3.05) is 6.54 Å². The van der Waals surface area contributed by atoms with E-state index >= 15 is 0 Å². The van der Waals surface area contributed by atoms with E-state index in [1.165, 1.54) is 0 Å². The highest BCUT2D eigenvalue weighted by atomic mass is 16.2. The van der Waals surface area contributed by atoms with E-state index in [9.17, 15) is 4.79 Å². The molecule has 1 fully saturated rings. The van der Waals surface area contributed by atoms with Crippen LogP contribution >= 0.6 is 0 Å². The van der Waals surface area contributed by atoms with Crippen LogP contribution in [0.15, 0.2) is 31.0 Å². The molecule has 0 saturated carbocycles. The molecule has 0 atom stereocenters. The molecule has 1 saturated heterocycles. The summed E-state index contributed by atoms with van der Waals surface area (Å²) in [6, 6.07) is 5.93. The summed E-state index contributed by atoms with van der Waals surface area (Å²) in [7, 11) is 0. The molecule has 2 rings (SSSR count). The molecule has 0 aliphatic carbocycles. The summed E-state index contributed by atoms with van der Waals surface area (Å²) >= 11 is 0. The highest BCUT2D eigenvalue weighted by Crippen LogP contribution is 2.08. The van der Waals surface area contributed by atoms with Gasteiger partial charge in [0.1, 0.15) is 0 Å². The SMILES string of the molecule is C=Cc1cccc[n+]1CN1CCCC1=O. The number of pyridine rings is 1. The van der Waals surface area contributed by atoms with Gasteiger partial charge in [-0.1, -0.05) is 6.58 Å². The Labute approximate surface area is 89.6 Å². The first kappa shape index (κ1) is 9.90. The molecule has 15 heavy (non-hydrogen) atoms. The third-order valence-corrected chi connectivity index (χ3v) is 2.68. The van der Waals surface area contributed by atoms with Crippen molar-refractivity contribution >= 4 is 12.0 Å². The van der Waals surface area contributed by atoms with Gasteiger partial charge in [-0.25, -0.2) is 0 Å². The number of carbonyl (C=O) groups is 1. The third-order valence-electron chi connectivity index (χ3n) is 2.68. The summed E-state index contributed by atoms with van der Waals surface area (Å²) in [6.45, 7) is 5.27. The van der Waals surface area contributed by atoms with E-state index in [-0.39, 0.29) is 5.91 Å². The second-order valence-electron chi connectivity index (χ2n) is 3.70. The van der Waals surface area contributed by atoms with Crippen molar-refractivity contribution in [3.63, 3.8) is 0 Å². The molecule has 3 nitrogen and oxygen atoms in total. The van der Waals surface area contributed by atoms with Crippen LogP contribution in [0.2, 0.25) is 0 Å². The fourth-order valence-electron chi connectivity index (χ4n) is 1.84. The smallest absolute Gasteiger partial charge is 0.227 e. The van der Waals surface area contributed by atoms with E-state index in [0.29, 0.717) is 13.1 Å². The second kappa shape index (κ2) is 4.26. The maximum absolute atomic E-state index is 11.5. The molecule has 78 valence electrons. The third kappa shape index (κ3) is 2.06. The lowest BCUT2D eigenvalue weighted by Gasteiger charge is -2.11. The Hall–Kier alpha value is -1.64. The van der Waals surface area contributed by atoms with Crippen LogP contribution in [-0.2, 0) is 11.5 Å². The van der Waals surface area contributed by atoms with E-state index in [0.717, 1.165) is 18.7 Å². The van der Waals surface area contributed by atoms with Gasteiger partial charge in [-0.3, -0.25) is 9.69 Å². The Kier molecular flexibility index (Phi) is 2.81. The zero-order valence-corrected chi connectivity index (χ0v) is 8.72. The first-order valence-corrected chi connectivity index (χ1v) is 5.20. The van der Waals surface area contributed by atoms with Gasteiger partial charge in [0.15, 0.2) is 6.20 Å². The molecule has 0 bridgehead atoms. The van der Waals surface area contributed by atoms with E-state index in [1.54, 1.807) is 6.08 Å². The number of likely N-dealkylation sites (tertiary alicyclic amines) is 1. The molecule has 0 aromatic carbocycles. The van der Waals surface area contributed by atoms with Crippen molar-refractivity contribution in [2.24, 2.45) is 0 Å². The zero-order chi connectivity index (χ0) is 10.7. The van der Waals surface area contributed by atoms with Gasteiger partial charge in [0.05, 0.1) is 0 Å². The summed E-state index contributed by atoms with van der Waals surface area (Å²) in [6.07, 6.45) is 5.45. The Bertz CT molecular complexity index is 387. The molecular weight excluding hydrogens is 188 g/mol. The molecular formula is C12H15N2O+. The number of carbonyl (C=O) groups excluding carboxylic acids is 1. The minimum absolute atomic E-state index is 0.251. The Morgan fingerprint density at radius 1 is 1.53 bits per heavy atom. The summed E-state index contributed by atoms with van der Waals surface area (Å²) in [5.41, 5.74) is 1.04. The lowest BCUT2D eigenvalue weighted by molar-refractivity contribution is -0.714. The molecule has 2 heterocycles. The minimum atomic E-state index is 0.251. The van der Waals surface area contributed by atoms with Gasteiger partial charge in [-0.15, -0.1) is 0 Å². The van der Waals surface area contributed by atoms with Crippen LogP contribution in [0.4, 0.5) is 0 Å². The Morgan fingerprint density at radius 3 is 3.07 bits per heavy atom. The van der Waals surface area contributed by atoms with Gasteiger partial charge in [-0.2, -0.15) is 4.57 Å². The molecule has 0 spiro atoms. The van der Waals surface area contributed by atoms with Crippen LogP contribution in [0.25, 0.3) is 6.08 Å². The Morgan fingerprint density at radius 2 is 2.40 bits per heavy atom. The van der Waals surface area contributed by atoms with Crippen LogP contribution in [0.3, 0.4) is 0 Å². The van der Waals surface area contributed by atoms with Crippen molar-refractivity contribution in [3.05, 3.63) is 36.7 Å². The van der Waals surface area contributed by atoms with Gasteiger partial charge in [0.25, 0.3) is 0 Å². The van der Waals surface area contributed by atoms with Gasteiger partial charge in [0.2, 0.25) is 18.3 Å². The highest BCUT2D eigenvalue weighted by molar-refractivity contribution is 5.77. The summed E-state index contributed by atoms with van der Waals surface area (Å²) in [5, 5.41) is 0. The number of amides is 1. The zero-order valence-electron chi connectivity index (χ0n) is 8.72.